The van der Waals surface area contributed by atoms with Crippen molar-refractivity contribution in [3.05, 3.63) is 30.4 Å². The summed E-state index contributed by atoms with van der Waals surface area (Å²) in [7, 11) is 0. The fraction of sp³-hybridized carbons (Fsp3) is 0.760. The highest BCUT2D eigenvalue weighted by Gasteiger charge is 2.60. The van der Waals surface area contributed by atoms with Crippen molar-refractivity contribution in [1.29, 1.82) is 0 Å². The molecule has 170 valence electrons. The molecule has 0 radical (unpaired) electrons. The maximum Gasteiger partial charge on any atom is 0.118 e. The van der Waals surface area contributed by atoms with Gasteiger partial charge in [-0.2, -0.15) is 0 Å². The first-order valence-electron chi connectivity index (χ1n) is 12.1. The van der Waals surface area contributed by atoms with Crippen LogP contribution in [-0.4, -0.2) is 44.3 Å². The molecule has 2 unspecified atom stereocenters. The monoisotopic (exact) mass is 427 g/mol. The first-order chi connectivity index (χ1) is 14.9. The minimum Gasteiger partial charge on any atom is -0.396 e. The minimum absolute atomic E-state index is 0.256. The Labute approximate surface area is 185 Å². The van der Waals surface area contributed by atoms with Gasteiger partial charge >= 0.3 is 0 Å². The number of aromatic nitrogens is 2. The maximum absolute atomic E-state index is 11.1. The summed E-state index contributed by atoms with van der Waals surface area (Å²) >= 11 is 0. The Kier molecular flexibility index (Phi) is 5.50. The van der Waals surface area contributed by atoms with Gasteiger partial charge < -0.3 is 19.6 Å². The van der Waals surface area contributed by atoms with Gasteiger partial charge in [-0.25, -0.2) is 4.98 Å². The van der Waals surface area contributed by atoms with Gasteiger partial charge in [0, 0.05) is 43.1 Å². The molecule has 4 aliphatic rings. The van der Waals surface area contributed by atoms with Crippen molar-refractivity contribution in [2.24, 2.45) is 33.7 Å². The zero-order valence-corrected chi connectivity index (χ0v) is 18.9. The predicted molar refractivity (Wildman–Crippen MR) is 119 cm³/mol. The Morgan fingerprint density at radius 1 is 1.23 bits per heavy atom. The number of rotatable bonds is 5. The zero-order valence-electron chi connectivity index (χ0n) is 18.9. The van der Waals surface area contributed by atoms with Crippen LogP contribution in [0.15, 0.2) is 35.5 Å². The van der Waals surface area contributed by atoms with Crippen LogP contribution in [0, 0.1) is 28.6 Å². The second-order valence-corrected chi connectivity index (χ2v) is 10.9. The van der Waals surface area contributed by atoms with Gasteiger partial charge in [-0.3, -0.25) is 0 Å². The highest BCUT2D eigenvalue weighted by molar-refractivity contribution is 5.99. The van der Waals surface area contributed by atoms with Gasteiger partial charge in [0.1, 0.15) is 6.61 Å². The molecule has 7 atom stereocenters. The van der Waals surface area contributed by atoms with Crippen LogP contribution < -0.4 is 0 Å². The number of imidazole rings is 1. The Morgan fingerprint density at radius 3 is 2.90 bits per heavy atom. The summed E-state index contributed by atoms with van der Waals surface area (Å²) in [4.78, 5) is 9.93. The van der Waals surface area contributed by atoms with E-state index < -0.39 is 12.2 Å². The molecule has 0 bridgehead atoms. The highest BCUT2D eigenvalue weighted by atomic mass is 16.6. The van der Waals surface area contributed by atoms with Crippen LogP contribution >= 0.6 is 0 Å². The summed E-state index contributed by atoms with van der Waals surface area (Å²) in [5.74, 6) is 1.32. The summed E-state index contributed by atoms with van der Waals surface area (Å²) in [5, 5.41) is 26.2. The summed E-state index contributed by atoms with van der Waals surface area (Å²) in [5.41, 5.74) is 2.35. The van der Waals surface area contributed by atoms with Crippen molar-refractivity contribution in [2.45, 2.75) is 84.0 Å². The molecule has 1 aromatic rings. The first-order valence-corrected chi connectivity index (χ1v) is 12.1. The number of nitrogens with zero attached hydrogens (tertiary/aromatic N) is 3. The Bertz CT molecular complexity index is 850. The number of hydrogen-bond donors (Lipinski definition) is 2. The number of fused-ring (bicyclic) bond motifs is 5. The summed E-state index contributed by atoms with van der Waals surface area (Å²) in [6, 6.07) is 0. The van der Waals surface area contributed by atoms with Crippen LogP contribution in [0.25, 0.3) is 0 Å². The Balaban J connectivity index is 1.41. The van der Waals surface area contributed by atoms with E-state index in [1.807, 2.05) is 12.5 Å². The van der Waals surface area contributed by atoms with E-state index in [4.69, 9.17) is 9.99 Å². The molecule has 6 nitrogen and oxygen atoms in total. The first kappa shape index (κ1) is 21.2. The number of oxime groups is 1. The third-order valence-corrected chi connectivity index (χ3v) is 9.20. The molecule has 0 aromatic carbocycles. The largest absolute Gasteiger partial charge is 0.396 e. The molecule has 0 aliphatic heterocycles. The van der Waals surface area contributed by atoms with E-state index in [0.29, 0.717) is 42.6 Å². The molecule has 4 aliphatic carbocycles. The lowest BCUT2D eigenvalue weighted by atomic mass is 9.47. The Morgan fingerprint density at radius 2 is 2.10 bits per heavy atom. The third kappa shape index (κ3) is 3.56. The van der Waals surface area contributed by atoms with Crippen LogP contribution in [0.3, 0.4) is 0 Å². The summed E-state index contributed by atoms with van der Waals surface area (Å²) in [6.45, 7) is 6.16. The van der Waals surface area contributed by atoms with E-state index in [1.165, 1.54) is 31.3 Å². The van der Waals surface area contributed by atoms with E-state index in [-0.39, 0.29) is 5.41 Å². The van der Waals surface area contributed by atoms with E-state index in [0.717, 1.165) is 25.1 Å². The molecule has 0 spiro atoms. The molecule has 0 amide bonds. The zero-order chi connectivity index (χ0) is 21.6. The number of aliphatic hydroxyl groups is 2. The fourth-order valence-corrected chi connectivity index (χ4v) is 7.40. The van der Waals surface area contributed by atoms with Gasteiger partial charge in [0.25, 0.3) is 0 Å². The average molecular weight is 428 g/mol. The SMILES string of the molecule is C[C@@]12CCC[C@H]1[C@@H]1C(=NOCCCn3ccnc3)C=C3CC(O)CC(O)[C@]3(C)[C@@H]1CC2. The van der Waals surface area contributed by atoms with Crippen molar-refractivity contribution in [3.63, 3.8) is 0 Å². The van der Waals surface area contributed by atoms with E-state index in [2.05, 4.69) is 29.5 Å². The minimum atomic E-state index is -0.488. The van der Waals surface area contributed by atoms with Crippen molar-refractivity contribution in [3.8, 4) is 0 Å². The van der Waals surface area contributed by atoms with E-state index in [9.17, 15) is 10.2 Å². The number of hydrogen-bond acceptors (Lipinski definition) is 5. The standard InChI is InChI=1S/C25H37N3O3/c1-24-7-3-5-19(24)23-20(6-8-24)25(2)17(13-18(29)15-22(25)30)14-21(23)27-31-12-4-10-28-11-9-26-16-28/h9,11,14,16,18-20,22-23,29-30H,3-8,10,12-13,15H2,1-2H3/t18?,19-,20+,22?,23-,24-,25-/m0/s1. The number of aryl methyl sites for hydroxylation is 1. The van der Waals surface area contributed by atoms with Crippen LogP contribution in [0.5, 0.6) is 0 Å². The van der Waals surface area contributed by atoms with Gasteiger partial charge in [-0.15, -0.1) is 0 Å². The molecule has 2 N–H and O–H groups in total. The normalized spacial score (nSPS) is 43.2. The van der Waals surface area contributed by atoms with Gasteiger partial charge in [0.2, 0.25) is 0 Å². The molecule has 6 heteroatoms. The Hall–Kier alpha value is -1.66. The summed E-state index contributed by atoms with van der Waals surface area (Å²) < 4.78 is 2.05. The van der Waals surface area contributed by atoms with E-state index >= 15 is 0 Å². The lowest BCUT2D eigenvalue weighted by Crippen LogP contribution is -2.57. The molecule has 3 fully saturated rings. The van der Waals surface area contributed by atoms with Gasteiger partial charge in [0.15, 0.2) is 0 Å². The smallest absolute Gasteiger partial charge is 0.118 e. The van der Waals surface area contributed by atoms with E-state index in [1.54, 1.807) is 6.20 Å². The highest BCUT2D eigenvalue weighted by Crippen LogP contribution is 2.64. The van der Waals surface area contributed by atoms with Crippen LogP contribution in [-0.2, 0) is 11.4 Å². The van der Waals surface area contributed by atoms with Crippen molar-refractivity contribution >= 4 is 5.71 Å². The second-order valence-electron chi connectivity index (χ2n) is 10.9. The van der Waals surface area contributed by atoms with Gasteiger partial charge in [0.05, 0.1) is 24.2 Å². The van der Waals surface area contributed by atoms with Crippen LogP contribution in [0.1, 0.15) is 65.2 Å². The molecule has 1 heterocycles. The fourth-order valence-electron chi connectivity index (χ4n) is 7.40. The molecule has 3 saturated carbocycles. The van der Waals surface area contributed by atoms with Crippen molar-refractivity contribution < 1.29 is 15.1 Å². The lowest BCUT2D eigenvalue weighted by Gasteiger charge is -2.58. The van der Waals surface area contributed by atoms with Crippen molar-refractivity contribution in [1.82, 2.24) is 9.55 Å². The predicted octanol–water partition coefficient (Wildman–Crippen LogP) is 3.94. The summed E-state index contributed by atoms with van der Waals surface area (Å²) in [6.07, 6.45) is 15.0. The van der Waals surface area contributed by atoms with Crippen molar-refractivity contribution in [2.75, 3.05) is 6.61 Å². The quantitative estimate of drug-likeness (QED) is 0.551. The second kappa shape index (κ2) is 8.04. The van der Waals surface area contributed by atoms with Crippen LogP contribution in [0.2, 0.25) is 0 Å². The van der Waals surface area contributed by atoms with Gasteiger partial charge in [-0.05, 0) is 55.4 Å². The molecule has 5 rings (SSSR count). The molecular weight excluding hydrogens is 390 g/mol. The average Bonchev–Trinajstić information content (AvgIpc) is 3.38. The number of allylic oxidation sites excluding steroid dienone is 1. The van der Waals surface area contributed by atoms with Crippen LogP contribution in [0.4, 0.5) is 0 Å². The molecule has 31 heavy (non-hydrogen) atoms. The topological polar surface area (TPSA) is 79.9 Å². The molecule has 0 saturated heterocycles. The number of aliphatic hydroxyl groups excluding tert-OH is 2. The lowest BCUT2D eigenvalue weighted by molar-refractivity contribution is -0.0823. The maximum atomic E-state index is 11.1. The van der Waals surface area contributed by atoms with Gasteiger partial charge in [-0.1, -0.05) is 31.0 Å². The third-order valence-electron chi connectivity index (χ3n) is 9.20. The molecular formula is C25H37N3O3. The molecule has 1 aromatic heterocycles.